The van der Waals surface area contributed by atoms with Crippen LogP contribution in [0.1, 0.15) is 67.9 Å². The number of thiazole rings is 1. The topological polar surface area (TPSA) is 51.2 Å². The highest BCUT2D eigenvalue weighted by Gasteiger charge is 2.60. The number of carbonyl (C=O) groups is 1. The van der Waals surface area contributed by atoms with Crippen molar-refractivity contribution in [2.24, 2.45) is 16.7 Å². The van der Waals surface area contributed by atoms with E-state index in [0.717, 1.165) is 10.9 Å². The molecule has 24 heavy (non-hydrogen) atoms. The summed E-state index contributed by atoms with van der Waals surface area (Å²) in [6.07, 6.45) is 7.75. The largest absolute Gasteiger partial charge is 0.373 e. The van der Waals surface area contributed by atoms with Crippen molar-refractivity contribution < 1.29 is 9.53 Å². The van der Waals surface area contributed by atoms with Crippen LogP contribution in [0.5, 0.6) is 0 Å². The van der Waals surface area contributed by atoms with Crippen LogP contribution in [0.2, 0.25) is 0 Å². The van der Waals surface area contributed by atoms with E-state index in [1.165, 1.54) is 49.9 Å². The van der Waals surface area contributed by atoms with Gasteiger partial charge in [0.1, 0.15) is 5.69 Å². The first kappa shape index (κ1) is 16.5. The van der Waals surface area contributed by atoms with Gasteiger partial charge in [0.05, 0.1) is 17.2 Å². The first-order valence-electron chi connectivity index (χ1n) is 9.13. The molecule has 5 rings (SSSR count). The molecule has 4 saturated carbocycles. The first-order valence-corrected chi connectivity index (χ1v) is 10.0. The predicted molar refractivity (Wildman–Crippen MR) is 95.3 cm³/mol. The highest BCUT2D eigenvalue weighted by Crippen LogP contribution is 2.67. The van der Waals surface area contributed by atoms with Crippen molar-refractivity contribution in [3.63, 3.8) is 0 Å². The summed E-state index contributed by atoms with van der Waals surface area (Å²) in [7, 11) is 0. The van der Waals surface area contributed by atoms with Crippen LogP contribution < -0.4 is 5.32 Å². The molecule has 2 unspecified atom stereocenters. The van der Waals surface area contributed by atoms with Crippen molar-refractivity contribution in [2.45, 2.75) is 64.9 Å². The van der Waals surface area contributed by atoms with Gasteiger partial charge in [0.25, 0.3) is 5.91 Å². The lowest BCUT2D eigenvalue weighted by Crippen LogP contribution is -2.59. The van der Waals surface area contributed by atoms with Gasteiger partial charge < -0.3 is 10.1 Å². The first-order chi connectivity index (χ1) is 11.3. The van der Waals surface area contributed by atoms with Gasteiger partial charge in [-0.2, -0.15) is 0 Å². The molecule has 1 N–H and O–H groups in total. The van der Waals surface area contributed by atoms with Crippen LogP contribution in [-0.2, 0) is 4.74 Å². The van der Waals surface area contributed by atoms with Crippen molar-refractivity contribution in [3.05, 3.63) is 16.1 Å². The molecule has 0 radical (unpaired) electrons. The minimum Gasteiger partial charge on any atom is -0.373 e. The van der Waals surface area contributed by atoms with Gasteiger partial charge in [-0.3, -0.25) is 4.79 Å². The smallest absolute Gasteiger partial charge is 0.270 e. The molecule has 1 heterocycles. The van der Waals surface area contributed by atoms with E-state index >= 15 is 0 Å². The van der Waals surface area contributed by atoms with E-state index in [9.17, 15) is 4.79 Å². The fourth-order valence-corrected chi connectivity index (χ4v) is 7.09. The SMILES string of the molecule is Cc1nc(C(=O)NCCOC23CC4CC(C)(CC(C)(C4)C2)C3)cs1. The van der Waals surface area contributed by atoms with Crippen molar-refractivity contribution in [2.75, 3.05) is 13.2 Å². The van der Waals surface area contributed by atoms with Crippen molar-refractivity contribution in [3.8, 4) is 0 Å². The fourth-order valence-electron chi connectivity index (χ4n) is 6.49. The lowest BCUT2D eigenvalue weighted by atomic mass is 9.43. The summed E-state index contributed by atoms with van der Waals surface area (Å²) in [6.45, 7) is 8.00. The number of amides is 1. The number of ether oxygens (including phenoxy) is 1. The monoisotopic (exact) mass is 348 g/mol. The van der Waals surface area contributed by atoms with Crippen molar-refractivity contribution >= 4 is 17.2 Å². The quantitative estimate of drug-likeness (QED) is 0.820. The molecular weight excluding hydrogens is 320 g/mol. The Hall–Kier alpha value is -0.940. The van der Waals surface area contributed by atoms with Crippen LogP contribution in [0.3, 0.4) is 0 Å². The highest BCUT2D eigenvalue weighted by molar-refractivity contribution is 7.09. The van der Waals surface area contributed by atoms with Crippen LogP contribution in [0.15, 0.2) is 5.38 Å². The number of aromatic nitrogens is 1. The van der Waals surface area contributed by atoms with E-state index < -0.39 is 0 Å². The van der Waals surface area contributed by atoms with Crippen LogP contribution in [0, 0.1) is 23.7 Å². The Kier molecular flexibility index (Phi) is 3.81. The number of nitrogens with zero attached hydrogens (tertiary/aromatic N) is 1. The molecule has 1 aromatic rings. The van der Waals surface area contributed by atoms with E-state index in [-0.39, 0.29) is 11.5 Å². The lowest BCUT2D eigenvalue weighted by Gasteiger charge is -2.65. The molecule has 4 bridgehead atoms. The molecule has 132 valence electrons. The minimum atomic E-state index is -0.0904. The van der Waals surface area contributed by atoms with Crippen LogP contribution in [-0.4, -0.2) is 29.6 Å². The Morgan fingerprint density at radius 2 is 2.00 bits per heavy atom. The molecule has 2 atom stereocenters. The zero-order valence-corrected chi connectivity index (χ0v) is 15.8. The maximum atomic E-state index is 12.1. The second kappa shape index (κ2) is 5.53. The van der Waals surface area contributed by atoms with E-state index in [4.69, 9.17) is 4.74 Å². The van der Waals surface area contributed by atoms with Gasteiger partial charge in [0, 0.05) is 11.9 Å². The van der Waals surface area contributed by atoms with E-state index in [0.29, 0.717) is 29.7 Å². The van der Waals surface area contributed by atoms with Crippen LogP contribution in [0.25, 0.3) is 0 Å². The normalized spacial score (nSPS) is 40.0. The Morgan fingerprint density at radius 1 is 1.29 bits per heavy atom. The third kappa shape index (κ3) is 3.01. The standard InChI is InChI=1S/C19H28N2O2S/c1-13-21-15(9-24-13)16(22)20-4-5-23-19-8-14-6-17(2,11-19)10-18(3,7-14)12-19/h9,14H,4-8,10-12H2,1-3H3,(H,20,22). The van der Waals surface area contributed by atoms with Gasteiger partial charge in [0.15, 0.2) is 0 Å². The third-order valence-electron chi connectivity index (χ3n) is 6.22. The summed E-state index contributed by atoms with van der Waals surface area (Å²) in [6, 6.07) is 0. The van der Waals surface area contributed by atoms with Gasteiger partial charge in [-0.05, 0) is 62.2 Å². The molecule has 4 aliphatic rings. The van der Waals surface area contributed by atoms with Gasteiger partial charge in [0.2, 0.25) is 0 Å². The van der Waals surface area contributed by atoms with Gasteiger partial charge in [-0.25, -0.2) is 4.98 Å². The number of hydrogen-bond acceptors (Lipinski definition) is 4. The second-order valence-electron chi connectivity index (χ2n) is 9.17. The summed E-state index contributed by atoms with van der Waals surface area (Å²) in [5.74, 6) is 0.746. The zero-order chi connectivity index (χ0) is 17.0. The van der Waals surface area contributed by atoms with E-state index in [1.807, 2.05) is 12.3 Å². The molecular formula is C19H28N2O2S. The minimum absolute atomic E-state index is 0.0604. The predicted octanol–water partition coefficient (Wildman–Crippen LogP) is 3.95. The van der Waals surface area contributed by atoms with Crippen LogP contribution in [0.4, 0.5) is 0 Å². The lowest BCUT2D eigenvalue weighted by molar-refractivity contribution is -0.213. The summed E-state index contributed by atoms with van der Waals surface area (Å²) < 4.78 is 6.43. The third-order valence-corrected chi connectivity index (χ3v) is 7.00. The average molecular weight is 349 g/mol. The average Bonchev–Trinajstić information content (AvgIpc) is 2.86. The Bertz CT molecular complexity index is 638. The molecule has 4 aliphatic carbocycles. The highest BCUT2D eigenvalue weighted by atomic mass is 32.1. The molecule has 5 heteroatoms. The summed E-state index contributed by atoms with van der Waals surface area (Å²) in [4.78, 5) is 16.3. The van der Waals surface area contributed by atoms with Crippen molar-refractivity contribution in [1.82, 2.24) is 10.3 Å². The van der Waals surface area contributed by atoms with E-state index in [1.54, 1.807) is 0 Å². The second-order valence-corrected chi connectivity index (χ2v) is 10.2. The molecule has 0 spiro atoms. The number of carbonyl (C=O) groups excluding carboxylic acids is 1. The molecule has 1 aromatic heterocycles. The molecule has 0 saturated heterocycles. The number of nitrogens with one attached hydrogen (secondary N) is 1. The number of aryl methyl sites for hydroxylation is 1. The summed E-state index contributed by atoms with van der Waals surface area (Å²) in [5.41, 5.74) is 1.52. The molecule has 4 nitrogen and oxygen atoms in total. The molecule has 4 fully saturated rings. The maximum absolute atomic E-state index is 12.1. The fraction of sp³-hybridized carbons (Fsp3) is 0.789. The Balaban J connectivity index is 1.32. The van der Waals surface area contributed by atoms with Gasteiger partial charge in [-0.1, -0.05) is 13.8 Å². The number of hydrogen-bond donors (Lipinski definition) is 1. The van der Waals surface area contributed by atoms with Crippen molar-refractivity contribution in [1.29, 1.82) is 0 Å². The number of rotatable bonds is 5. The van der Waals surface area contributed by atoms with Gasteiger partial charge >= 0.3 is 0 Å². The summed E-state index contributed by atoms with van der Waals surface area (Å²) in [5, 5.41) is 5.68. The molecule has 0 aromatic carbocycles. The molecule has 0 aliphatic heterocycles. The Morgan fingerprint density at radius 3 is 2.58 bits per heavy atom. The maximum Gasteiger partial charge on any atom is 0.270 e. The van der Waals surface area contributed by atoms with Gasteiger partial charge in [-0.15, -0.1) is 11.3 Å². The summed E-state index contributed by atoms with van der Waals surface area (Å²) >= 11 is 1.51. The van der Waals surface area contributed by atoms with Crippen LogP contribution >= 0.6 is 11.3 Å². The molecule has 1 amide bonds. The Labute approximate surface area is 148 Å². The zero-order valence-electron chi connectivity index (χ0n) is 15.0. The van der Waals surface area contributed by atoms with E-state index in [2.05, 4.69) is 24.1 Å².